The quantitative estimate of drug-likeness (QED) is 0.754. The third-order valence-electron chi connectivity index (χ3n) is 1.94. The van der Waals surface area contributed by atoms with Gasteiger partial charge in [0.1, 0.15) is 5.75 Å². The summed E-state index contributed by atoms with van der Waals surface area (Å²) in [5, 5.41) is 2.70. The lowest BCUT2D eigenvalue weighted by Gasteiger charge is -2.06. The van der Waals surface area contributed by atoms with Crippen molar-refractivity contribution in [2.75, 3.05) is 11.9 Å². The second kappa shape index (κ2) is 6.06. The molecule has 1 rings (SSSR count). The van der Waals surface area contributed by atoms with Gasteiger partial charge < -0.3 is 10.1 Å². The van der Waals surface area contributed by atoms with E-state index in [1.165, 1.54) is 6.92 Å². The molecule has 3 nitrogen and oxygen atoms in total. The normalized spacial score (nSPS) is 9.73. The summed E-state index contributed by atoms with van der Waals surface area (Å²) in [5.74, 6) is 0.784. The number of nitrogens with one attached hydrogen (secondary N) is 1. The van der Waals surface area contributed by atoms with Gasteiger partial charge in [0.25, 0.3) is 0 Å². The molecule has 0 atom stereocenters. The van der Waals surface area contributed by atoms with E-state index in [1.54, 1.807) is 0 Å². The number of anilines is 1. The second-order valence-corrected chi connectivity index (χ2v) is 3.41. The number of benzene rings is 1. The van der Waals surface area contributed by atoms with Gasteiger partial charge in [-0.1, -0.05) is 13.3 Å². The lowest BCUT2D eigenvalue weighted by atomic mass is 10.3. The molecule has 0 aromatic heterocycles. The zero-order valence-electron chi connectivity index (χ0n) is 9.25. The predicted octanol–water partition coefficient (Wildman–Crippen LogP) is 2.82. The highest BCUT2D eigenvalue weighted by Crippen LogP contribution is 2.15. The van der Waals surface area contributed by atoms with Gasteiger partial charge >= 0.3 is 0 Å². The molecule has 0 aliphatic heterocycles. The van der Waals surface area contributed by atoms with E-state index in [1.807, 2.05) is 24.3 Å². The van der Waals surface area contributed by atoms with Gasteiger partial charge in [-0.3, -0.25) is 4.79 Å². The third-order valence-corrected chi connectivity index (χ3v) is 1.94. The second-order valence-electron chi connectivity index (χ2n) is 3.41. The first kappa shape index (κ1) is 11.6. The van der Waals surface area contributed by atoms with Crippen LogP contribution < -0.4 is 10.1 Å². The van der Waals surface area contributed by atoms with Gasteiger partial charge in [-0.05, 0) is 30.7 Å². The molecule has 0 aliphatic carbocycles. The van der Waals surface area contributed by atoms with Gasteiger partial charge in [-0.15, -0.1) is 0 Å². The van der Waals surface area contributed by atoms with E-state index in [9.17, 15) is 4.79 Å². The summed E-state index contributed by atoms with van der Waals surface area (Å²) in [6.07, 6.45) is 2.19. The van der Waals surface area contributed by atoms with Crippen LogP contribution in [0.2, 0.25) is 0 Å². The molecule has 1 aromatic carbocycles. The molecule has 0 radical (unpaired) electrons. The van der Waals surface area contributed by atoms with Crippen LogP contribution in [0, 0.1) is 0 Å². The Kier molecular flexibility index (Phi) is 4.68. The van der Waals surface area contributed by atoms with Crippen LogP contribution in [0.25, 0.3) is 0 Å². The van der Waals surface area contributed by atoms with E-state index in [0.29, 0.717) is 0 Å². The first-order valence-corrected chi connectivity index (χ1v) is 5.23. The fourth-order valence-corrected chi connectivity index (χ4v) is 1.17. The van der Waals surface area contributed by atoms with Crippen LogP contribution in [0.15, 0.2) is 24.3 Å². The highest BCUT2D eigenvalue weighted by molar-refractivity contribution is 5.88. The maximum absolute atomic E-state index is 10.8. The molecule has 0 bridgehead atoms. The maximum atomic E-state index is 10.8. The molecule has 3 heteroatoms. The Balaban J connectivity index is 2.45. The number of hydrogen-bond acceptors (Lipinski definition) is 2. The van der Waals surface area contributed by atoms with Crippen LogP contribution >= 0.6 is 0 Å². The predicted molar refractivity (Wildman–Crippen MR) is 61.1 cm³/mol. The summed E-state index contributed by atoms with van der Waals surface area (Å²) in [6.45, 7) is 4.37. The monoisotopic (exact) mass is 207 g/mol. The average molecular weight is 207 g/mol. The summed E-state index contributed by atoms with van der Waals surface area (Å²) in [6, 6.07) is 7.40. The van der Waals surface area contributed by atoms with Crippen LogP contribution in [-0.2, 0) is 4.79 Å². The number of ether oxygens (including phenoxy) is 1. The topological polar surface area (TPSA) is 38.3 Å². The van der Waals surface area contributed by atoms with Crippen molar-refractivity contribution in [2.45, 2.75) is 26.7 Å². The van der Waals surface area contributed by atoms with E-state index in [-0.39, 0.29) is 5.91 Å². The van der Waals surface area contributed by atoms with Crippen LogP contribution in [0.5, 0.6) is 5.75 Å². The summed E-state index contributed by atoms with van der Waals surface area (Å²) in [4.78, 5) is 10.8. The van der Waals surface area contributed by atoms with Gasteiger partial charge in [0, 0.05) is 12.6 Å². The molecule has 1 N–H and O–H groups in total. The first-order valence-electron chi connectivity index (χ1n) is 5.23. The minimum atomic E-state index is -0.0605. The largest absolute Gasteiger partial charge is 0.494 e. The molecule has 0 saturated carbocycles. The Hall–Kier alpha value is -1.51. The number of amides is 1. The van der Waals surface area contributed by atoms with Crippen molar-refractivity contribution in [3.8, 4) is 5.75 Å². The van der Waals surface area contributed by atoms with E-state index >= 15 is 0 Å². The van der Waals surface area contributed by atoms with E-state index in [0.717, 1.165) is 30.9 Å². The number of rotatable bonds is 5. The molecule has 0 saturated heterocycles. The SMILES string of the molecule is CCCCOc1ccc(NC(C)=O)cc1. The molecular formula is C12H17NO2. The fraction of sp³-hybridized carbons (Fsp3) is 0.417. The highest BCUT2D eigenvalue weighted by atomic mass is 16.5. The van der Waals surface area contributed by atoms with Crippen molar-refractivity contribution in [3.05, 3.63) is 24.3 Å². The molecule has 0 spiro atoms. The van der Waals surface area contributed by atoms with Gasteiger partial charge in [-0.2, -0.15) is 0 Å². The Morgan fingerprint density at radius 1 is 1.33 bits per heavy atom. The molecule has 0 fully saturated rings. The Bertz CT molecular complexity index is 306. The van der Waals surface area contributed by atoms with Crippen molar-refractivity contribution < 1.29 is 9.53 Å². The van der Waals surface area contributed by atoms with Crippen molar-refractivity contribution >= 4 is 11.6 Å². The third kappa shape index (κ3) is 4.49. The maximum Gasteiger partial charge on any atom is 0.221 e. The minimum Gasteiger partial charge on any atom is -0.494 e. The molecular weight excluding hydrogens is 190 g/mol. The molecule has 0 aliphatic rings. The summed E-state index contributed by atoms with van der Waals surface area (Å²) in [5.41, 5.74) is 0.797. The Labute approximate surface area is 90.4 Å². The van der Waals surface area contributed by atoms with Crippen LogP contribution in [0.3, 0.4) is 0 Å². The first-order chi connectivity index (χ1) is 7.22. The zero-order chi connectivity index (χ0) is 11.1. The van der Waals surface area contributed by atoms with Crippen LogP contribution in [-0.4, -0.2) is 12.5 Å². The van der Waals surface area contributed by atoms with Crippen molar-refractivity contribution in [1.29, 1.82) is 0 Å². The van der Waals surface area contributed by atoms with Crippen LogP contribution in [0.4, 0.5) is 5.69 Å². The molecule has 0 heterocycles. The zero-order valence-corrected chi connectivity index (χ0v) is 9.25. The number of carbonyl (C=O) groups is 1. The van der Waals surface area contributed by atoms with Gasteiger partial charge in [-0.25, -0.2) is 0 Å². The highest BCUT2D eigenvalue weighted by Gasteiger charge is 1.96. The Morgan fingerprint density at radius 2 is 2.00 bits per heavy atom. The average Bonchev–Trinajstić information content (AvgIpc) is 2.20. The van der Waals surface area contributed by atoms with Gasteiger partial charge in [0.2, 0.25) is 5.91 Å². The molecule has 82 valence electrons. The lowest BCUT2D eigenvalue weighted by Crippen LogP contribution is -2.05. The summed E-state index contributed by atoms with van der Waals surface area (Å²) < 4.78 is 5.49. The fourth-order valence-electron chi connectivity index (χ4n) is 1.17. The number of hydrogen-bond donors (Lipinski definition) is 1. The molecule has 1 aromatic rings. The summed E-state index contributed by atoms with van der Waals surface area (Å²) >= 11 is 0. The minimum absolute atomic E-state index is 0.0605. The Morgan fingerprint density at radius 3 is 2.53 bits per heavy atom. The molecule has 0 unspecified atom stereocenters. The van der Waals surface area contributed by atoms with E-state index in [4.69, 9.17) is 4.74 Å². The van der Waals surface area contributed by atoms with Gasteiger partial charge in [0.05, 0.1) is 6.61 Å². The molecule has 15 heavy (non-hydrogen) atoms. The van der Waals surface area contributed by atoms with E-state index in [2.05, 4.69) is 12.2 Å². The van der Waals surface area contributed by atoms with Crippen molar-refractivity contribution in [2.24, 2.45) is 0 Å². The standard InChI is InChI=1S/C12H17NO2/c1-3-4-9-15-12-7-5-11(6-8-12)13-10(2)14/h5-8H,3-4,9H2,1-2H3,(H,13,14). The smallest absolute Gasteiger partial charge is 0.221 e. The number of carbonyl (C=O) groups excluding carboxylic acids is 1. The van der Waals surface area contributed by atoms with Crippen LogP contribution in [0.1, 0.15) is 26.7 Å². The summed E-state index contributed by atoms with van der Waals surface area (Å²) in [7, 11) is 0. The molecule has 1 amide bonds. The number of unbranched alkanes of at least 4 members (excludes halogenated alkanes) is 1. The van der Waals surface area contributed by atoms with Crippen molar-refractivity contribution in [3.63, 3.8) is 0 Å². The van der Waals surface area contributed by atoms with E-state index < -0.39 is 0 Å². The van der Waals surface area contributed by atoms with Gasteiger partial charge in [0.15, 0.2) is 0 Å². The lowest BCUT2D eigenvalue weighted by molar-refractivity contribution is -0.114. The van der Waals surface area contributed by atoms with Crippen molar-refractivity contribution in [1.82, 2.24) is 0 Å².